The lowest BCUT2D eigenvalue weighted by molar-refractivity contribution is 0.114. The van der Waals surface area contributed by atoms with E-state index in [1.165, 1.54) is 6.42 Å². The molecule has 2 aliphatic rings. The molecule has 2 N–H and O–H groups in total. The van der Waals surface area contributed by atoms with Gasteiger partial charge in [0.25, 0.3) is 0 Å². The van der Waals surface area contributed by atoms with Crippen LogP contribution in [0.15, 0.2) is 4.99 Å². The number of rotatable bonds is 5. The second-order valence-corrected chi connectivity index (χ2v) is 5.95. The maximum atomic E-state index is 9.87. The number of aliphatic imine (C=N–C) groups is 1. The van der Waals surface area contributed by atoms with Crippen LogP contribution in [-0.4, -0.2) is 62.0 Å². The highest BCUT2D eigenvalue weighted by Crippen LogP contribution is 2.25. The van der Waals surface area contributed by atoms with Crippen LogP contribution in [0.3, 0.4) is 0 Å². The van der Waals surface area contributed by atoms with Gasteiger partial charge in [0.15, 0.2) is 5.96 Å². The Labute approximate surface area is 122 Å². The highest BCUT2D eigenvalue weighted by molar-refractivity contribution is 5.80. The molecular weight excluding hydrogens is 254 g/mol. The van der Waals surface area contributed by atoms with E-state index in [-0.39, 0.29) is 6.10 Å². The maximum Gasteiger partial charge on any atom is 0.193 e. The highest BCUT2D eigenvalue weighted by Gasteiger charge is 2.28. The fraction of sp³-hybridized carbons (Fsp3) is 0.933. The number of aliphatic hydroxyl groups excluding tert-OH is 1. The number of likely N-dealkylation sites (tertiary alicyclic amines) is 1. The van der Waals surface area contributed by atoms with Crippen LogP contribution in [0.25, 0.3) is 0 Å². The molecule has 1 aliphatic carbocycles. The van der Waals surface area contributed by atoms with Crippen molar-refractivity contribution < 1.29 is 9.84 Å². The van der Waals surface area contributed by atoms with Crippen LogP contribution < -0.4 is 5.32 Å². The van der Waals surface area contributed by atoms with Crippen molar-refractivity contribution in [3.8, 4) is 0 Å². The number of hydrogen-bond donors (Lipinski definition) is 2. The smallest absolute Gasteiger partial charge is 0.193 e. The quantitative estimate of drug-likeness (QED) is 0.585. The monoisotopic (exact) mass is 283 g/mol. The number of nitrogens with zero attached hydrogens (tertiary/aromatic N) is 2. The molecule has 0 aromatic heterocycles. The second-order valence-electron chi connectivity index (χ2n) is 5.95. The largest absolute Gasteiger partial charge is 0.393 e. The van der Waals surface area contributed by atoms with Crippen molar-refractivity contribution in [2.75, 3.05) is 39.9 Å². The molecule has 0 aromatic rings. The summed E-state index contributed by atoms with van der Waals surface area (Å²) in [4.78, 5) is 6.69. The molecule has 1 saturated heterocycles. The van der Waals surface area contributed by atoms with E-state index < -0.39 is 0 Å². The van der Waals surface area contributed by atoms with Gasteiger partial charge in [0, 0.05) is 45.1 Å². The van der Waals surface area contributed by atoms with Crippen molar-refractivity contribution in [1.29, 1.82) is 0 Å². The van der Waals surface area contributed by atoms with Crippen LogP contribution in [0.2, 0.25) is 0 Å². The van der Waals surface area contributed by atoms with Crippen molar-refractivity contribution in [1.82, 2.24) is 10.2 Å². The van der Waals surface area contributed by atoms with Gasteiger partial charge < -0.3 is 20.1 Å². The Morgan fingerprint density at radius 2 is 2.25 bits per heavy atom. The van der Waals surface area contributed by atoms with Crippen LogP contribution in [0.5, 0.6) is 0 Å². The number of hydrogen-bond acceptors (Lipinski definition) is 3. The summed E-state index contributed by atoms with van der Waals surface area (Å²) in [6.07, 6.45) is 4.26. The van der Waals surface area contributed by atoms with Gasteiger partial charge in [-0.1, -0.05) is 6.42 Å². The summed E-state index contributed by atoms with van der Waals surface area (Å²) in [6, 6.07) is 0. The summed E-state index contributed by atoms with van der Waals surface area (Å²) in [5.41, 5.74) is 0. The number of aliphatic hydroxyl groups is 1. The zero-order chi connectivity index (χ0) is 14.4. The molecule has 3 unspecified atom stereocenters. The van der Waals surface area contributed by atoms with E-state index in [1.54, 1.807) is 0 Å². The third-order valence-corrected chi connectivity index (χ3v) is 4.50. The normalized spacial score (nSPS) is 31.1. The molecule has 0 amide bonds. The molecule has 1 saturated carbocycles. The van der Waals surface area contributed by atoms with Crippen molar-refractivity contribution in [2.45, 2.75) is 38.7 Å². The minimum absolute atomic E-state index is 0.134. The van der Waals surface area contributed by atoms with E-state index >= 15 is 0 Å². The van der Waals surface area contributed by atoms with Crippen molar-refractivity contribution in [2.24, 2.45) is 16.8 Å². The molecule has 5 heteroatoms. The first-order valence-electron chi connectivity index (χ1n) is 7.96. The summed E-state index contributed by atoms with van der Waals surface area (Å²) >= 11 is 0. The van der Waals surface area contributed by atoms with Crippen LogP contribution in [0.4, 0.5) is 0 Å². The summed E-state index contributed by atoms with van der Waals surface area (Å²) < 4.78 is 5.51. The van der Waals surface area contributed by atoms with Gasteiger partial charge in [-0.25, -0.2) is 0 Å². The van der Waals surface area contributed by atoms with Crippen LogP contribution >= 0.6 is 0 Å². The Morgan fingerprint density at radius 1 is 1.40 bits per heavy atom. The van der Waals surface area contributed by atoms with Crippen molar-refractivity contribution in [3.05, 3.63) is 0 Å². The molecule has 2 fully saturated rings. The van der Waals surface area contributed by atoms with E-state index in [2.05, 4.69) is 15.2 Å². The Bertz CT molecular complexity index is 322. The summed E-state index contributed by atoms with van der Waals surface area (Å²) in [5.74, 6) is 1.97. The van der Waals surface area contributed by atoms with E-state index in [0.717, 1.165) is 58.1 Å². The number of ether oxygens (including phenoxy) is 1. The summed E-state index contributed by atoms with van der Waals surface area (Å²) in [7, 11) is 1.84. The Kier molecular flexibility index (Phi) is 6.10. The first-order valence-corrected chi connectivity index (χ1v) is 7.96. The van der Waals surface area contributed by atoms with E-state index in [0.29, 0.717) is 11.8 Å². The topological polar surface area (TPSA) is 57.1 Å². The fourth-order valence-electron chi connectivity index (χ4n) is 3.26. The van der Waals surface area contributed by atoms with Crippen LogP contribution in [0.1, 0.15) is 32.6 Å². The minimum Gasteiger partial charge on any atom is -0.393 e. The molecule has 0 spiro atoms. The van der Waals surface area contributed by atoms with Crippen LogP contribution in [-0.2, 0) is 4.74 Å². The lowest BCUT2D eigenvalue weighted by Gasteiger charge is -2.24. The fourth-order valence-corrected chi connectivity index (χ4v) is 3.26. The minimum atomic E-state index is -0.134. The molecule has 1 heterocycles. The predicted molar refractivity (Wildman–Crippen MR) is 80.9 cm³/mol. The number of nitrogens with one attached hydrogen (secondary N) is 1. The van der Waals surface area contributed by atoms with Gasteiger partial charge in [-0.3, -0.25) is 4.99 Å². The molecular formula is C15H29N3O2. The summed E-state index contributed by atoms with van der Waals surface area (Å²) in [5, 5.41) is 13.3. The standard InChI is InChI=1S/C15H29N3O2/c1-3-20-11-12-7-8-18(10-12)15(16-2)17-9-13-5-4-6-14(13)19/h12-14,19H,3-11H2,1-2H3,(H,16,17). The third kappa shape index (κ3) is 4.09. The summed E-state index contributed by atoms with van der Waals surface area (Å²) in [6.45, 7) is 6.59. The SMILES string of the molecule is CCOCC1CCN(C(=NC)NCC2CCCC2O)C1. The van der Waals surface area contributed by atoms with Gasteiger partial charge in [-0.2, -0.15) is 0 Å². The molecule has 2 rings (SSSR count). The first kappa shape index (κ1) is 15.6. The lowest BCUT2D eigenvalue weighted by Crippen LogP contribution is -2.43. The Hall–Kier alpha value is -0.810. The second kappa shape index (κ2) is 7.84. The van der Waals surface area contributed by atoms with Crippen molar-refractivity contribution in [3.63, 3.8) is 0 Å². The molecule has 1 aliphatic heterocycles. The first-order chi connectivity index (χ1) is 9.74. The van der Waals surface area contributed by atoms with Gasteiger partial charge in [0.1, 0.15) is 0 Å². The molecule has 0 aromatic carbocycles. The van der Waals surface area contributed by atoms with Crippen LogP contribution in [0, 0.1) is 11.8 Å². The Balaban J connectivity index is 1.75. The van der Waals surface area contributed by atoms with E-state index in [4.69, 9.17) is 4.74 Å². The molecule has 0 radical (unpaired) electrons. The Morgan fingerprint density at radius 3 is 2.90 bits per heavy atom. The maximum absolute atomic E-state index is 9.87. The zero-order valence-electron chi connectivity index (χ0n) is 12.8. The van der Waals surface area contributed by atoms with E-state index in [9.17, 15) is 5.11 Å². The van der Waals surface area contributed by atoms with Crippen molar-refractivity contribution >= 4 is 5.96 Å². The zero-order valence-corrected chi connectivity index (χ0v) is 12.8. The predicted octanol–water partition coefficient (Wildman–Crippen LogP) is 1.08. The van der Waals surface area contributed by atoms with Gasteiger partial charge >= 0.3 is 0 Å². The third-order valence-electron chi connectivity index (χ3n) is 4.50. The molecule has 3 atom stereocenters. The molecule has 116 valence electrons. The number of guanidine groups is 1. The average molecular weight is 283 g/mol. The molecule has 20 heavy (non-hydrogen) atoms. The lowest BCUT2D eigenvalue weighted by atomic mass is 10.1. The van der Waals surface area contributed by atoms with Gasteiger partial charge in [-0.05, 0) is 26.2 Å². The highest BCUT2D eigenvalue weighted by atomic mass is 16.5. The van der Waals surface area contributed by atoms with Gasteiger partial charge in [0.05, 0.1) is 12.7 Å². The van der Waals surface area contributed by atoms with Gasteiger partial charge in [-0.15, -0.1) is 0 Å². The average Bonchev–Trinajstić information content (AvgIpc) is 3.07. The molecule has 5 nitrogen and oxygen atoms in total. The van der Waals surface area contributed by atoms with Gasteiger partial charge in [0.2, 0.25) is 0 Å². The van der Waals surface area contributed by atoms with E-state index in [1.807, 2.05) is 14.0 Å². The molecule has 0 bridgehead atoms.